The number of anilines is 1. The molecule has 2 aromatic carbocycles. The molecule has 1 fully saturated rings. The van der Waals surface area contributed by atoms with Crippen LogP contribution in [0.2, 0.25) is 10.0 Å². The normalized spacial score (nSPS) is 14.6. The first-order valence-electron chi connectivity index (χ1n) is 9.28. The van der Waals surface area contributed by atoms with Crippen molar-refractivity contribution in [3.05, 3.63) is 63.1 Å². The summed E-state index contributed by atoms with van der Waals surface area (Å²) >= 11 is 12.2. The number of rotatable bonds is 4. The molecule has 2 N–H and O–H groups in total. The number of nitrogens with zero attached hydrogens (tertiary/aromatic N) is 1. The van der Waals surface area contributed by atoms with Crippen LogP contribution in [-0.4, -0.2) is 29.9 Å². The van der Waals surface area contributed by atoms with Crippen LogP contribution in [0.3, 0.4) is 0 Å². The Morgan fingerprint density at radius 1 is 1.11 bits per heavy atom. The Balaban J connectivity index is 1.75. The number of hydrogen-bond donors (Lipinski definition) is 2. The summed E-state index contributed by atoms with van der Waals surface area (Å²) in [5.74, 6) is -0.0419. The van der Waals surface area contributed by atoms with E-state index in [4.69, 9.17) is 23.2 Å². The van der Waals surface area contributed by atoms with Crippen molar-refractivity contribution in [1.82, 2.24) is 10.2 Å². The number of urea groups is 1. The Kier molecular flexibility index (Phi) is 6.47. The summed E-state index contributed by atoms with van der Waals surface area (Å²) in [5, 5.41) is 6.70. The Labute approximate surface area is 175 Å². The number of benzene rings is 2. The van der Waals surface area contributed by atoms with Gasteiger partial charge in [0.2, 0.25) is 0 Å². The predicted molar refractivity (Wildman–Crippen MR) is 113 cm³/mol. The highest BCUT2D eigenvalue weighted by molar-refractivity contribution is 6.35. The Morgan fingerprint density at radius 3 is 2.50 bits per heavy atom. The lowest BCUT2D eigenvalue weighted by molar-refractivity contribution is 0.0793. The smallest absolute Gasteiger partial charge is 0.319 e. The van der Waals surface area contributed by atoms with E-state index in [9.17, 15) is 9.59 Å². The van der Waals surface area contributed by atoms with E-state index >= 15 is 0 Å². The SMILES string of the molecule is Cc1cccc(NC(=O)NC(C)c2ccc(Cl)cc2Cl)c1C(=O)N1CCCC1. The van der Waals surface area contributed by atoms with Gasteiger partial charge >= 0.3 is 6.03 Å². The van der Waals surface area contributed by atoms with Crippen LogP contribution in [0.15, 0.2) is 36.4 Å². The van der Waals surface area contributed by atoms with Crippen LogP contribution < -0.4 is 10.6 Å². The maximum Gasteiger partial charge on any atom is 0.319 e. The van der Waals surface area contributed by atoms with Crippen LogP contribution in [0.5, 0.6) is 0 Å². The lowest BCUT2D eigenvalue weighted by atomic mass is 10.0. The third-order valence-corrected chi connectivity index (χ3v) is 5.47. The summed E-state index contributed by atoms with van der Waals surface area (Å²) < 4.78 is 0. The minimum Gasteiger partial charge on any atom is -0.339 e. The van der Waals surface area contributed by atoms with E-state index in [0.29, 0.717) is 21.3 Å². The molecule has 5 nitrogen and oxygen atoms in total. The molecule has 1 heterocycles. The molecular weight excluding hydrogens is 397 g/mol. The van der Waals surface area contributed by atoms with Crippen LogP contribution >= 0.6 is 23.2 Å². The molecule has 3 rings (SSSR count). The molecule has 1 aliphatic heterocycles. The maximum absolute atomic E-state index is 12.9. The summed E-state index contributed by atoms with van der Waals surface area (Å²) in [4.78, 5) is 27.3. The van der Waals surface area contributed by atoms with Crippen molar-refractivity contribution >= 4 is 40.8 Å². The van der Waals surface area contributed by atoms with Gasteiger partial charge in [-0.1, -0.05) is 41.4 Å². The molecule has 1 aliphatic rings. The summed E-state index contributed by atoms with van der Waals surface area (Å²) in [7, 11) is 0. The van der Waals surface area contributed by atoms with Gasteiger partial charge in [0.15, 0.2) is 0 Å². The molecule has 1 atom stereocenters. The molecule has 148 valence electrons. The van der Waals surface area contributed by atoms with Gasteiger partial charge in [-0.05, 0) is 56.0 Å². The van der Waals surface area contributed by atoms with E-state index in [2.05, 4.69) is 10.6 Å². The quantitative estimate of drug-likeness (QED) is 0.694. The zero-order chi connectivity index (χ0) is 20.3. The number of halogens is 2. The second-order valence-electron chi connectivity index (χ2n) is 6.98. The Bertz CT molecular complexity index is 895. The van der Waals surface area contributed by atoms with Crippen molar-refractivity contribution in [3.8, 4) is 0 Å². The second kappa shape index (κ2) is 8.84. The van der Waals surface area contributed by atoms with Crippen LogP contribution in [0.25, 0.3) is 0 Å². The average molecular weight is 420 g/mol. The van der Waals surface area contributed by atoms with Crippen molar-refractivity contribution in [2.75, 3.05) is 18.4 Å². The van der Waals surface area contributed by atoms with E-state index in [-0.39, 0.29) is 11.9 Å². The van der Waals surface area contributed by atoms with E-state index in [1.807, 2.05) is 30.9 Å². The summed E-state index contributed by atoms with van der Waals surface area (Å²) in [6.45, 7) is 5.22. The van der Waals surface area contributed by atoms with Gasteiger partial charge in [-0.3, -0.25) is 4.79 Å². The molecule has 7 heteroatoms. The van der Waals surface area contributed by atoms with Crippen molar-refractivity contribution in [2.24, 2.45) is 0 Å². The standard InChI is InChI=1S/C21H23Cl2N3O2/c1-13-6-5-7-18(19(13)20(27)26-10-3-4-11-26)25-21(28)24-14(2)16-9-8-15(22)12-17(16)23/h5-9,12,14H,3-4,10-11H2,1-2H3,(H2,24,25,28). The third kappa shape index (κ3) is 4.59. The first-order chi connectivity index (χ1) is 13.4. The monoisotopic (exact) mass is 419 g/mol. The van der Waals surface area contributed by atoms with Crippen molar-refractivity contribution in [1.29, 1.82) is 0 Å². The van der Waals surface area contributed by atoms with Gasteiger partial charge in [0.25, 0.3) is 5.91 Å². The van der Waals surface area contributed by atoms with Gasteiger partial charge in [0.05, 0.1) is 17.3 Å². The predicted octanol–water partition coefficient (Wildman–Crippen LogP) is 5.42. The molecule has 0 aromatic heterocycles. The highest BCUT2D eigenvalue weighted by Crippen LogP contribution is 2.27. The zero-order valence-corrected chi connectivity index (χ0v) is 17.4. The highest BCUT2D eigenvalue weighted by atomic mass is 35.5. The number of hydrogen-bond acceptors (Lipinski definition) is 2. The Hall–Kier alpha value is -2.24. The maximum atomic E-state index is 12.9. The van der Waals surface area contributed by atoms with Crippen molar-refractivity contribution < 1.29 is 9.59 Å². The van der Waals surface area contributed by atoms with E-state index < -0.39 is 6.03 Å². The number of amides is 3. The van der Waals surface area contributed by atoms with Crippen molar-refractivity contribution in [2.45, 2.75) is 32.7 Å². The van der Waals surface area contributed by atoms with Gasteiger partial charge in [-0.25, -0.2) is 4.79 Å². The zero-order valence-electron chi connectivity index (χ0n) is 15.9. The number of carbonyl (C=O) groups excluding carboxylic acids is 2. The molecule has 1 unspecified atom stereocenters. The first kappa shape index (κ1) is 20.5. The molecule has 1 saturated heterocycles. The average Bonchev–Trinajstić information content (AvgIpc) is 3.15. The fraction of sp³-hybridized carbons (Fsp3) is 0.333. The first-order valence-corrected chi connectivity index (χ1v) is 10.0. The number of carbonyl (C=O) groups is 2. The molecule has 28 heavy (non-hydrogen) atoms. The van der Waals surface area contributed by atoms with Gasteiger partial charge in [-0.2, -0.15) is 0 Å². The van der Waals surface area contributed by atoms with E-state index in [0.717, 1.165) is 37.1 Å². The van der Waals surface area contributed by atoms with Gasteiger partial charge in [0, 0.05) is 23.1 Å². The molecule has 0 bridgehead atoms. The van der Waals surface area contributed by atoms with Gasteiger partial charge in [-0.15, -0.1) is 0 Å². The van der Waals surface area contributed by atoms with Crippen LogP contribution in [0.1, 0.15) is 47.3 Å². The third-order valence-electron chi connectivity index (χ3n) is 4.90. The fourth-order valence-corrected chi connectivity index (χ4v) is 3.99. The molecular formula is C21H23Cl2N3O2. The largest absolute Gasteiger partial charge is 0.339 e. The Morgan fingerprint density at radius 2 is 1.82 bits per heavy atom. The molecule has 0 radical (unpaired) electrons. The summed E-state index contributed by atoms with van der Waals surface area (Å²) in [6.07, 6.45) is 2.03. The number of aryl methyl sites for hydroxylation is 1. The van der Waals surface area contributed by atoms with Crippen LogP contribution in [-0.2, 0) is 0 Å². The number of likely N-dealkylation sites (tertiary alicyclic amines) is 1. The molecule has 3 amide bonds. The van der Waals surface area contributed by atoms with Gasteiger partial charge < -0.3 is 15.5 Å². The van der Waals surface area contributed by atoms with Gasteiger partial charge in [0.1, 0.15) is 0 Å². The molecule has 2 aromatic rings. The summed E-state index contributed by atoms with van der Waals surface area (Å²) in [6, 6.07) is 9.87. The fourth-order valence-electron chi connectivity index (χ4n) is 3.42. The molecule has 0 aliphatic carbocycles. The molecule has 0 spiro atoms. The minimum atomic E-state index is -0.403. The lowest BCUT2D eigenvalue weighted by Crippen LogP contribution is -2.33. The van der Waals surface area contributed by atoms with E-state index in [1.54, 1.807) is 24.3 Å². The number of nitrogens with one attached hydrogen (secondary N) is 2. The topological polar surface area (TPSA) is 61.4 Å². The second-order valence-corrected chi connectivity index (χ2v) is 7.83. The lowest BCUT2D eigenvalue weighted by Gasteiger charge is -2.21. The van der Waals surface area contributed by atoms with E-state index in [1.165, 1.54) is 0 Å². The van der Waals surface area contributed by atoms with Crippen molar-refractivity contribution in [3.63, 3.8) is 0 Å². The minimum absolute atomic E-state index is 0.0419. The molecule has 0 saturated carbocycles. The van der Waals surface area contributed by atoms with Crippen LogP contribution in [0, 0.1) is 6.92 Å². The highest BCUT2D eigenvalue weighted by Gasteiger charge is 2.24. The summed E-state index contributed by atoms with van der Waals surface area (Å²) in [5.41, 5.74) is 2.64. The van der Waals surface area contributed by atoms with Crippen LogP contribution in [0.4, 0.5) is 10.5 Å².